The van der Waals surface area contributed by atoms with Gasteiger partial charge in [0.1, 0.15) is 0 Å². The van der Waals surface area contributed by atoms with Crippen LogP contribution >= 0.6 is 11.8 Å². The lowest BCUT2D eigenvalue weighted by atomic mass is 10.0. The molecule has 0 unspecified atom stereocenters. The van der Waals surface area contributed by atoms with Gasteiger partial charge in [0, 0.05) is 19.2 Å². The minimum absolute atomic E-state index is 0.0806. The first kappa shape index (κ1) is 20.6. The molecule has 0 saturated heterocycles. The van der Waals surface area contributed by atoms with Gasteiger partial charge in [-0.1, -0.05) is 60.7 Å². The van der Waals surface area contributed by atoms with Gasteiger partial charge in [-0.2, -0.15) is 0 Å². The van der Waals surface area contributed by atoms with Crippen LogP contribution in [-0.2, 0) is 9.59 Å². The largest absolute Gasteiger partial charge is 0.355 e. The minimum Gasteiger partial charge on any atom is -0.355 e. The minimum atomic E-state index is -0.155. The van der Waals surface area contributed by atoms with Crippen LogP contribution in [0.4, 0.5) is 5.69 Å². The Kier molecular flexibility index (Phi) is 7.83. The summed E-state index contributed by atoms with van der Waals surface area (Å²) in [6, 6.07) is 23.8. The average molecular weight is 406 g/mol. The van der Waals surface area contributed by atoms with E-state index in [1.54, 1.807) is 36.3 Å². The standard InChI is InChI=1S/C23H23N3O2S/c27-21(26-20-12-7-14-24-16-20)13-15-25-22(28)17-29-23(18-8-3-1-4-9-18)19-10-5-2-6-11-19/h1-12,14,16,23H,13,15,17H2,(H,25,28)(H,26,27). The molecule has 5 nitrogen and oxygen atoms in total. The third-order valence-electron chi connectivity index (χ3n) is 4.21. The zero-order valence-corrected chi connectivity index (χ0v) is 16.8. The Balaban J connectivity index is 1.47. The second-order valence-corrected chi connectivity index (χ2v) is 7.50. The Morgan fingerprint density at radius 1 is 0.862 bits per heavy atom. The van der Waals surface area contributed by atoms with E-state index in [9.17, 15) is 9.59 Å². The van der Waals surface area contributed by atoms with Crippen molar-refractivity contribution in [1.82, 2.24) is 10.3 Å². The molecule has 2 N–H and O–H groups in total. The van der Waals surface area contributed by atoms with Gasteiger partial charge in [-0.25, -0.2) is 0 Å². The van der Waals surface area contributed by atoms with E-state index in [1.807, 2.05) is 36.4 Å². The SMILES string of the molecule is O=C(CSC(c1ccccc1)c1ccccc1)NCCC(=O)Nc1cccnc1. The number of hydrogen-bond donors (Lipinski definition) is 2. The van der Waals surface area contributed by atoms with Crippen molar-refractivity contribution in [2.75, 3.05) is 17.6 Å². The second-order valence-electron chi connectivity index (χ2n) is 6.40. The van der Waals surface area contributed by atoms with Gasteiger partial charge in [0.15, 0.2) is 0 Å². The first-order chi connectivity index (χ1) is 14.2. The molecule has 0 spiro atoms. The zero-order valence-electron chi connectivity index (χ0n) is 16.0. The van der Waals surface area contributed by atoms with Gasteiger partial charge < -0.3 is 10.6 Å². The Morgan fingerprint density at radius 3 is 2.10 bits per heavy atom. The number of amides is 2. The first-order valence-electron chi connectivity index (χ1n) is 9.40. The van der Waals surface area contributed by atoms with Gasteiger partial charge in [0.05, 0.1) is 22.9 Å². The van der Waals surface area contributed by atoms with E-state index in [1.165, 1.54) is 0 Å². The van der Waals surface area contributed by atoms with E-state index >= 15 is 0 Å². The third-order valence-corrected chi connectivity index (χ3v) is 5.51. The van der Waals surface area contributed by atoms with Gasteiger partial charge in [-0.15, -0.1) is 11.8 Å². The number of pyridine rings is 1. The Bertz CT molecular complexity index is 866. The summed E-state index contributed by atoms with van der Waals surface area (Å²) in [6.07, 6.45) is 3.44. The summed E-state index contributed by atoms with van der Waals surface area (Å²) in [5.74, 6) is 0.0806. The number of thioether (sulfide) groups is 1. The number of anilines is 1. The van der Waals surface area contributed by atoms with E-state index in [2.05, 4.69) is 39.9 Å². The number of carbonyl (C=O) groups excluding carboxylic acids is 2. The van der Waals surface area contributed by atoms with E-state index in [4.69, 9.17) is 0 Å². The average Bonchev–Trinajstić information content (AvgIpc) is 2.76. The fourth-order valence-electron chi connectivity index (χ4n) is 2.83. The molecule has 0 fully saturated rings. The summed E-state index contributed by atoms with van der Waals surface area (Å²) < 4.78 is 0. The number of carbonyl (C=O) groups is 2. The topological polar surface area (TPSA) is 71.1 Å². The number of nitrogens with one attached hydrogen (secondary N) is 2. The van der Waals surface area contributed by atoms with Gasteiger partial charge >= 0.3 is 0 Å². The lowest BCUT2D eigenvalue weighted by molar-refractivity contribution is -0.119. The molecule has 0 saturated carbocycles. The molecule has 148 valence electrons. The number of rotatable bonds is 9. The number of aromatic nitrogens is 1. The quantitative estimate of drug-likeness (QED) is 0.563. The lowest BCUT2D eigenvalue weighted by Gasteiger charge is -2.17. The molecule has 0 radical (unpaired) electrons. The highest BCUT2D eigenvalue weighted by Gasteiger charge is 2.16. The molecule has 6 heteroatoms. The smallest absolute Gasteiger partial charge is 0.230 e. The molecule has 0 aliphatic heterocycles. The molecule has 2 amide bonds. The molecule has 2 aromatic carbocycles. The molecule has 29 heavy (non-hydrogen) atoms. The highest BCUT2D eigenvalue weighted by atomic mass is 32.2. The second kappa shape index (κ2) is 11.0. The van der Waals surface area contributed by atoms with Crippen molar-refractivity contribution in [1.29, 1.82) is 0 Å². The highest BCUT2D eigenvalue weighted by molar-refractivity contribution is 8.00. The molecule has 3 aromatic rings. The summed E-state index contributed by atoms with van der Waals surface area (Å²) in [7, 11) is 0. The Labute approximate surface area is 175 Å². The monoisotopic (exact) mass is 405 g/mol. The van der Waals surface area contributed by atoms with Crippen LogP contribution in [0.15, 0.2) is 85.2 Å². The fourth-order valence-corrected chi connectivity index (χ4v) is 3.95. The van der Waals surface area contributed by atoms with Crippen LogP contribution in [0.1, 0.15) is 22.8 Å². The van der Waals surface area contributed by atoms with E-state index in [-0.39, 0.29) is 23.5 Å². The molecule has 1 aromatic heterocycles. The van der Waals surface area contributed by atoms with Crippen molar-refractivity contribution in [3.05, 3.63) is 96.3 Å². The van der Waals surface area contributed by atoms with Gasteiger partial charge in [-0.3, -0.25) is 14.6 Å². The fraction of sp³-hybridized carbons (Fsp3) is 0.174. The molecular weight excluding hydrogens is 382 g/mol. The van der Waals surface area contributed by atoms with E-state index in [0.29, 0.717) is 18.0 Å². The third kappa shape index (κ3) is 6.76. The number of hydrogen-bond acceptors (Lipinski definition) is 4. The van der Waals surface area contributed by atoms with Crippen LogP contribution < -0.4 is 10.6 Å². The van der Waals surface area contributed by atoms with Crippen LogP contribution in [-0.4, -0.2) is 29.1 Å². The van der Waals surface area contributed by atoms with Crippen molar-refractivity contribution < 1.29 is 9.59 Å². The molecule has 0 aliphatic carbocycles. The summed E-state index contributed by atoms with van der Waals surface area (Å²) in [5, 5.41) is 5.65. The zero-order chi connectivity index (χ0) is 20.3. The number of benzene rings is 2. The van der Waals surface area contributed by atoms with Crippen molar-refractivity contribution in [3.63, 3.8) is 0 Å². The van der Waals surface area contributed by atoms with Crippen molar-refractivity contribution in [2.45, 2.75) is 11.7 Å². The van der Waals surface area contributed by atoms with Crippen LogP contribution in [0, 0.1) is 0 Å². The molecule has 0 bridgehead atoms. The first-order valence-corrected chi connectivity index (χ1v) is 10.5. The maximum atomic E-state index is 12.3. The van der Waals surface area contributed by atoms with Crippen LogP contribution in [0.3, 0.4) is 0 Å². The Morgan fingerprint density at radius 2 is 1.52 bits per heavy atom. The summed E-state index contributed by atoms with van der Waals surface area (Å²) >= 11 is 1.58. The lowest BCUT2D eigenvalue weighted by Crippen LogP contribution is -2.29. The van der Waals surface area contributed by atoms with Gasteiger partial charge in [-0.05, 0) is 23.3 Å². The maximum absolute atomic E-state index is 12.3. The van der Waals surface area contributed by atoms with Crippen LogP contribution in [0.5, 0.6) is 0 Å². The van der Waals surface area contributed by atoms with Crippen molar-refractivity contribution in [3.8, 4) is 0 Å². The predicted molar refractivity (Wildman–Crippen MR) is 118 cm³/mol. The van der Waals surface area contributed by atoms with Gasteiger partial charge in [0.25, 0.3) is 0 Å². The van der Waals surface area contributed by atoms with Crippen LogP contribution in [0.25, 0.3) is 0 Å². The number of nitrogens with zero attached hydrogens (tertiary/aromatic N) is 1. The van der Waals surface area contributed by atoms with Gasteiger partial charge in [0.2, 0.25) is 11.8 Å². The molecule has 1 heterocycles. The summed E-state index contributed by atoms with van der Waals surface area (Å²) in [6.45, 7) is 0.298. The molecule has 0 aliphatic rings. The summed E-state index contributed by atoms with van der Waals surface area (Å²) in [5.41, 5.74) is 2.97. The van der Waals surface area contributed by atoms with Crippen molar-refractivity contribution >= 4 is 29.3 Å². The highest BCUT2D eigenvalue weighted by Crippen LogP contribution is 2.35. The molecule has 0 atom stereocenters. The van der Waals surface area contributed by atoms with Crippen molar-refractivity contribution in [2.24, 2.45) is 0 Å². The normalized spacial score (nSPS) is 10.5. The van der Waals surface area contributed by atoms with E-state index < -0.39 is 0 Å². The maximum Gasteiger partial charge on any atom is 0.230 e. The van der Waals surface area contributed by atoms with E-state index in [0.717, 1.165) is 11.1 Å². The molecule has 3 rings (SSSR count). The van der Waals surface area contributed by atoms with Crippen LogP contribution in [0.2, 0.25) is 0 Å². The summed E-state index contributed by atoms with van der Waals surface area (Å²) in [4.78, 5) is 28.2. The molecular formula is C23H23N3O2S. The predicted octanol–water partition coefficient (Wildman–Crippen LogP) is 4.05. The Hall–Kier alpha value is -3.12.